The topological polar surface area (TPSA) is 39.6 Å². The standard InChI is InChI=1S/C17H17BrFN3O/c18-11-4-5-17(20-7-11)21-8-12-6-13(9-21)22(12)10-14-15(19)2-1-3-16(14)23/h1-5,7,12-13,23H,6,8-10H2. The number of hydrogen-bond donors (Lipinski definition) is 1. The zero-order chi connectivity index (χ0) is 16.0. The first-order valence-corrected chi connectivity index (χ1v) is 8.49. The number of pyridine rings is 1. The second-order valence-corrected chi connectivity index (χ2v) is 7.11. The van der Waals surface area contributed by atoms with Gasteiger partial charge in [0.1, 0.15) is 17.4 Å². The number of anilines is 1. The van der Waals surface area contributed by atoms with Gasteiger partial charge in [-0.2, -0.15) is 0 Å². The minimum absolute atomic E-state index is 0.0430. The van der Waals surface area contributed by atoms with Gasteiger partial charge in [0.15, 0.2) is 0 Å². The molecule has 4 nitrogen and oxygen atoms in total. The maximum absolute atomic E-state index is 13.9. The van der Waals surface area contributed by atoms with Gasteiger partial charge in [-0.3, -0.25) is 4.90 Å². The summed E-state index contributed by atoms with van der Waals surface area (Å²) in [4.78, 5) is 9.02. The molecule has 23 heavy (non-hydrogen) atoms. The van der Waals surface area contributed by atoms with Crippen molar-refractivity contribution in [3.63, 3.8) is 0 Å². The normalized spacial score (nSPS) is 23.7. The minimum Gasteiger partial charge on any atom is -0.508 e. The Bertz CT molecular complexity index is 692. The lowest BCUT2D eigenvalue weighted by molar-refractivity contribution is -0.00996. The van der Waals surface area contributed by atoms with Crippen molar-refractivity contribution in [2.24, 2.45) is 0 Å². The highest BCUT2D eigenvalue weighted by molar-refractivity contribution is 9.10. The molecule has 3 aliphatic heterocycles. The molecule has 0 spiro atoms. The second-order valence-electron chi connectivity index (χ2n) is 6.19. The number of aromatic hydroxyl groups is 1. The summed E-state index contributed by atoms with van der Waals surface area (Å²) in [6.07, 6.45) is 2.94. The quantitative estimate of drug-likeness (QED) is 0.891. The molecule has 6 heteroatoms. The van der Waals surface area contributed by atoms with E-state index in [1.807, 2.05) is 18.3 Å². The van der Waals surface area contributed by atoms with Gasteiger partial charge in [0.25, 0.3) is 0 Å². The van der Waals surface area contributed by atoms with Gasteiger partial charge < -0.3 is 10.0 Å². The van der Waals surface area contributed by atoms with Crippen molar-refractivity contribution in [1.82, 2.24) is 9.88 Å². The predicted molar refractivity (Wildman–Crippen MR) is 90.0 cm³/mol. The number of hydrogen-bond acceptors (Lipinski definition) is 4. The average molecular weight is 378 g/mol. The van der Waals surface area contributed by atoms with Crippen LogP contribution in [-0.4, -0.2) is 40.2 Å². The zero-order valence-corrected chi connectivity index (χ0v) is 14.1. The first kappa shape index (κ1) is 14.9. The molecule has 3 aliphatic rings. The molecule has 0 amide bonds. The highest BCUT2D eigenvalue weighted by Gasteiger charge is 2.45. The third-order valence-electron chi connectivity index (χ3n) is 4.82. The minimum atomic E-state index is -0.332. The van der Waals surface area contributed by atoms with E-state index in [9.17, 15) is 9.50 Å². The molecule has 1 N–H and O–H groups in total. The van der Waals surface area contributed by atoms with Crippen LogP contribution in [0.2, 0.25) is 0 Å². The number of piperazine rings is 1. The number of benzene rings is 1. The SMILES string of the molecule is Oc1cccc(F)c1CN1C2CC1CN(c1ccc(Br)cn1)C2. The molecule has 2 bridgehead atoms. The van der Waals surface area contributed by atoms with Crippen LogP contribution in [0.3, 0.4) is 0 Å². The fourth-order valence-corrected chi connectivity index (χ4v) is 3.81. The lowest BCUT2D eigenvalue weighted by atomic mass is 9.86. The Hall–Kier alpha value is -1.66. The van der Waals surface area contributed by atoms with Crippen molar-refractivity contribution in [1.29, 1.82) is 0 Å². The van der Waals surface area contributed by atoms with E-state index in [0.29, 0.717) is 24.2 Å². The molecule has 4 heterocycles. The van der Waals surface area contributed by atoms with E-state index in [-0.39, 0.29) is 11.6 Å². The van der Waals surface area contributed by atoms with Gasteiger partial charge in [0, 0.05) is 48.0 Å². The average Bonchev–Trinajstić information content (AvgIpc) is 2.55. The number of phenolic OH excluding ortho intramolecular Hbond substituents is 1. The number of nitrogens with zero attached hydrogens (tertiary/aromatic N) is 3. The summed E-state index contributed by atoms with van der Waals surface area (Å²) in [7, 11) is 0. The van der Waals surface area contributed by atoms with Crippen molar-refractivity contribution in [3.05, 3.63) is 52.4 Å². The molecule has 3 saturated heterocycles. The predicted octanol–water partition coefficient (Wildman–Crippen LogP) is 3.15. The molecular formula is C17H17BrFN3O. The number of halogens is 2. The molecule has 5 rings (SSSR count). The summed E-state index contributed by atoms with van der Waals surface area (Å²) in [6.45, 7) is 2.25. The van der Waals surface area contributed by atoms with Crippen LogP contribution in [-0.2, 0) is 6.54 Å². The fraction of sp³-hybridized carbons (Fsp3) is 0.353. The van der Waals surface area contributed by atoms with Crippen LogP contribution >= 0.6 is 15.9 Å². The highest BCUT2D eigenvalue weighted by atomic mass is 79.9. The van der Waals surface area contributed by atoms with Gasteiger partial charge in [0.2, 0.25) is 0 Å². The molecular weight excluding hydrogens is 361 g/mol. The van der Waals surface area contributed by atoms with Gasteiger partial charge in [-0.05, 0) is 46.6 Å². The van der Waals surface area contributed by atoms with Gasteiger partial charge in [-0.15, -0.1) is 0 Å². The monoisotopic (exact) mass is 377 g/mol. The molecule has 0 radical (unpaired) electrons. The summed E-state index contributed by atoms with van der Waals surface area (Å²) >= 11 is 3.40. The number of piperidine rings is 1. The first-order valence-electron chi connectivity index (χ1n) is 7.70. The van der Waals surface area contributed by atoms with E-state index < -0.39 is 0 Å². The highest BCUT2D eigenvalue weighted by Crippen LogP contribution is 2.37. The molecule has 120 valence electrons. The first-order chi connectivity index (χ1) is 11.1. The van der Waals surface area contributed by atoms with Crippen LogP contribution in [0.4, 0.5) is 10.2 Å². The maximum atomic E-state index is 13.9. The third kappa shape index (κ3) is 2.70. The summed E-state index contributed by atoms with van der Waals surface area (Å²) < 4.78 is 14.9. The van der Waals surface area contributed by atoms with Crippen LogP contribution in [0.5, 0.6) is 5.75 Å². The van der Waals surface area contributed by atoms with Crippen LogP contribution in [0.1, 0.15) is 12.0 Å². The molecule has 0 aliphatic carbocycles. The van der Waals surface area contributed by atoms with Gasteiger partial charge in [-0.1, -0.05) is 6.07 Å². The van der Waals surface area contributed by atoms with Gasteiger partial charge in [0.05, 0.1) is 0 Å². The lowest BCUT2D eigenvalue weighted by Gasteiger charge is -2.56. The van der Waals surface area contributed by atoms with Crippen molar-refractivity contribution in [2.75, 3.05) is 18.0 Å². The third-order valence-corrected chi connectivity index (χ3v) is 5.28. The van der Waals surface area contributed by atoms with E-state index in [4.69, 9.17) is 0 Å². The maximum Gasteiger partial charge on any atom is 0.131 e. The number of rotatable bonds is 3. The molecule has 1 aromatic carbocycles. The number of fused-ring (bicyclic) bond motifs is 2. The Labute approximate surface area is 142 Å². The summed E-state index contributed by atoms with van der Waals surface area (Å²) in [5, 5.41) is 9.89. The van der Waals surface area contributed by atoms with E-state index in [1.54, 1.807) is 6.07 Å². The van der Waals surface area contributed by atoms with Gasteiger partial charge >= 0.3 is 0 Å². The number of phenols is 1. The van der Waals surface area contributed by atoms with E-state index in [2.05, 4.69) is 30.7 Å². The molecule has 2 atom stereocenters. The van der Waals surface area contributed by atoms with Crippen molar-refractivity contribution >= 4 is 21.7 Å². The zero-order valence-electron chi connectivity index (χ0n) is 12.5. The Kier molecular flexibility index (Phi) is 3.73. The van der Waals surface area contributed by atoms with Crippen molar-refractivity contribution in [2.45, 2.75) is 25.0 Å². The summed E-state index contributed by atoms with van der Waals surface area (Å²) in [6, 6.07) is 9.27. The van der Waals surface area contributed by atoms with Gasteiger partial charge in [-0.25, -0.2) is 9.37 Å². The second kappa shape index (κ2) is 5.76. The number of aromatic nitrogens is 1. The molecule has 2 unspecified atom stereocenters. The smallest absolute Gasteiger partial charge is 0.131 e. The summed E-state index contributed by atoms with van der Waals surface area (Å²) in [5.41, 5.74) is 0.400. The molecule has 3 fully saturated rings. The van der Waals surface area contributed by atoms with Crippen LogP contribution < -0.4 is 4.90 Å². The van der Waals surface area contributed by atoms with Crippen LogP contribution in [0.25, 0.3) is 0 Å². The Morgan fingerprint density at radius 1 is 1.22 bits per heavy atom. The Balaban J connectivity index is 1.47. The van der Waals surface area contributed by atoms with E-state index >= 15 is 0 Å². The largest absolute Gasteiger partial charge is 0.508 e. The van der Waals surface area contributed by atoms with Crippen LogP contribution in [0.15, 0.2) is 41.0 Å². The van der Waals surface area contributed by atoms with E-state index in [1.165, 1.54) is 12.1 Å². The van der Waals surface area contributed by atoms with Crippen molar-refractivity contribution < 1.29 is 9.50 Å². The molecule has 2 aromatic rings. The van der Waals surface area contributed by atoms with Crippen LogP contribution in [0, 0.1) is 5.82 Å². The Morgan fingerprint density at radius 2 is 2.00 bits per heavy atom. The van der Waals surface area contributed by atoms with E-state index in [0.717, 1.165) is 29.8 Å². The fourth-order valence-electron chi connectivity index (χ4n) is 3.57. The molecule has 1 aromatic heterocycles. The lowest BCUT2D eigenvalue weighted by Crippen LogP contribution is -2.68. The Morgan fingerprint density at radius 3 is 2.65 bits per heavy atom. The summed E-state index contributed by atoms with van der Waals surface area (Å²) in [5.74, 6) is 0.694. The van der Waals surface area contributed by atoms with Crippen molar-refractivity contribution in [3.8, 4) is 5.75 Å². The molecule has 0 saturated carbocycles.